The second-order valence-corrected chi connectivity index (χ2v) is 15.0. The molecule has 0 aromatic rings. The maximum atomic E-state index is 12.7. The molecule has 0 aromatic carbocycles. The van der Waals surface area contributed by atoms with Gasteiger partial charge in [0.1, 0.15) is 19.7 Å². The summed E-state index contributed by atoms with van der Waals surface area (Å²) in [4.78, 5) is 25.1. The minimum Gasteiger partial charge on any atom is -1.00 e. The van der Waals surface area contributed by atoms with E-state index in [9.17, 15) is 14.7 Å². The average Bonchev–Trinajstić information content (AvgIpc) is 3.07. The van der Waals surface area contributed by atoms with E-state index in [0.717, 1.165) is 51.4 Å². The Kier molecular flexibility index (Phi) is 39.8. The number of aliphatic hydroxyl groups is 1. The monoisotopic (exact) mass is 772 g/mol. The number of hydrogen-bond donors (Lipinski definition) is 1. The van der Waals surface area contributed by atoms with Crippen LogP contribution in [0.15, 0.2) is 24.3 Å². The molecule has 0 heterocycles. The number of quaternary nitrogens is 1. The zero-order chi connectivity index (χ0) is 36.1. The van der Waals surface area contributed by atoms with Crippen molar-refractivity contribution in [2.45, 2.75) is 200 Å². The normalized spacial score (nSPS) is 12.4. The van der Waals surface area contributed by atoms with Gasteiger partial charge in [-0.25, -0.2) is 0 Å². The first-order valence-electron chi connectivity index (χ1n) is 20.9. The Bertz CT molecular complexity index is 800. The van der Waals surface area contributed by atoms with Crippen molar-refractivity contribution in [3.05, 3.63) is 24.3 Å². The van der Waals surface area contributed by atoms with Crippen molar-refractivity contribution in [3.63, 3.8) is 0 Å². The first kappa shape index (κ1) is 50.9. The van der Waals surface area contributed by atoms with E-state index in [0.29, 0.717) is 30.4 Å². The van der Waals surface area contributed by atoms with Gasteiger partial charge in [0.2, 0.25) is 0 Å². The Morgan fingerprint density at radius 1 is 0.560 bits per heavy atom. The molecular formula is C43H82BrNO5. The molecule has 50 heavy (non-hydrogen) atoms. The molecule has 1 unspecified atom stereocenters. The highest BCUT2D eigenvalue weighted by molar-refractivity contribution is 5.70. The van der Waals surface area contributed by atoms with E-state index in [1.54, 1.807) is 0 Å². The molecule has 0 aromatic heterocycles. The second-order valence-electron chi connectivity index (χ2n) is 15.0. The molecule has 0 radical (unpaired) electrons. The summed E-state index contributed by atoms with van der Waals surface area (Å²) in [6, 6.07) is 0. The number of unbranched alkanes of at least 4 members (excludes halogenated alkanes) is 22. The highest BCUT2D eigenvalue weighted by Crippen LogP contribution is 2.14. The second kappa shape index (κ2) is 39.0. The van der Waals surface area contributed by atoms with Crippen LogP contribution in [-0.2, 0) is 19.1 Å². The summed E-state index contributed by atoms with van der Waals surface area (Å²) in [5, 5.41) is 9.46. The summed E-state index contributed by atoms with van der Waals surface area (Å²) >= 11 is 0. The third kappa shape index (κ3) is 38.1. The van der Waals surface area contributed by atoms with Gasteiger partial charge in [-0.3, -0.25) is 9.59 Å². The van der Waals surface area contributed by atoms with Gasteiger partial charge in [0, 0.05) is 12.8 Å². The molecule has 1 N–H and O–H groups in total. The molecular weight excluding hydrogens is 690 g/mol. The summed E-state index contributed by atoms with van der Waals surface area (Å²) in [6.07, 6.45) is 41.4. The highest BCUT2D eigenvalue weighted by Gasteiger charge is 2.26. The third-order valence-corrected chi connectivity index (χ3v) is 9.42. The van der Waals surface area contributed by atoms with Gasteiger partial charge in [-0.2, -0.15) is 0 Å². The van der Waals surface area contributed by atoms with Crippen molar-refractivity contribution in [2.75, 3.05) is 40.4 Å². The van der Waals surface area contributed by atoms with Gasteiger partial charge in [-0.05, 0) is 64.2 Å². The molecule has 0 spiro atoms. The van der Waals surface area contributed by atoms with Crippen LogP contribution in [0, 0.1) is 0 Å². The lowest BCUT2D eigenvalue weighted by Gasteiger charge is -2.32. The molecule has 296 valence electrons. The predicted molar refractivity (Wildman–Crippen MR) is 209 cm³/mol. The van der Waals surface area contributed by atoms with Crippen molar-refractivity contribution < 1.29 is 45.6 Å². The van der Waals surface area contributed by atoms with E-state index < -0.39 is 6.10 Å². The molecule has 6 nitrogen and oxygen atoms in total. The molecule has 0 saturated heterocycles. The molecule has 0 aliphatic rings. The van der Waals surface area contributed by atoms with Crippen LogP contribution in [-0.4, -0.2) is 68.0 Å². The summed E-state index contributed by atoms with van der Waals surface area (Å²) in [6.45, 7) is 5.70. The predicted octanol–water partition coefficient (Wildman–Crippen LogP) is 8.59. The lowest BCUT2D eigenvalue weighted by molar-refractivity contribution is -0.893. The van der Waals surface area contributed by atoms with Gasteiger partial charge >= 0.3 is 11.9 Å². The van der Waals surface area contributed by atoms with E-state index in [1.807, 2.05) is 14.1 Å². The summed E-state index contributed by atoms with van der Waals surface area (Å²) in [5.41, 5.74) is 0. The van der Waals surface area contributed by atoms with Crippen molar-refractivity contribution in [2.24, 2.45) is 0 Å². The SMILES string of the molecule is CCCCCCCC/C=C/CCCCCCCC(=O)OCC(C[N+](C)(C)CCO)OC(=O)CCCCCCC/C=C/CCCCCCCC.[Br-]. The van der Waals surface area contributed by atoms with Gasteiger partial charge in [-0.15, -0.1) is 0 Å². The van der Waals surface area contributed by atoms with Gasteiger partial charge < -0.3 is 36.0 Å². The van der Waals surface area contributed by atoms with E-state index >= 15 is 0 Å². The number of carbonyl (C=O) groups excluding carboxylic acids is 2. The molecule has 0 amide bonds. The molecule has 0 aliphatic heterocycles. The summed E-state index contributed by atoms with van der Waals surface area (Å²) in [5.74, 6) is -0.441. The molecule has 0 saturated carbocycles. The Labute approximate surface area is 321 Å². The minimum atomic E-state index is -0.504. The molecule has 7 heteroatoms. The molecule has 0 aliphatic carbocycles. The van der Waals surface area contributed by atoms with Crippen LogP contribution in [0.1, 0.15) is 194 Å². The molecule has 0 fully saturated rings. The maximum Gasteiger partial charge on any atom is 0.306 e. The number of allylic oxidation sites excluding steroid dienone is 4. The zero-order valence-electron chi connectivity index (χ0n) is 33.4. The van der Waals surface area contributed by atoms with Crippen LogP contribution in [0.4, 0.5) is 0 Å². The number of halogens is 1. The topological polar surface area (TPSA) is 72.8 Å². The van der Waals surface area contributed by atoms with E-state index in [1.165, 1.54) is 116 Å². The van der Waals surface area contributed by atoms with Gasteiger partial charge in [0.15, 0.2) is 6.10 Å². The Morgan fingerprint density at radius 2 is 0.920 bits per heavy atom. The summed E-state index contributed by atoms with van der Waals surface area (Å²) < 4.78 is 11.9. The fourth-order valence-corrected chi connectivity index (χ4v) is 6.22. The lowest BCUT2D eigenvalue weighted by atomic mass is 10.1. The van der Waals surface area contributed by atoms with Gasteiger partial charge in [-0.1, -0.05) is 141 Å². The number of aliphatic hydroxyl groups excluding tert-OH is 1. The third-order valence-electron chi connectivity index (χ3n) is 9.42. The van der Waals surface area contributed by atoms with Crippen LogP contribution in [0.2, 0.25) is 0 Å². The highest BCUT2D eigenvalue weighted by atomic mass is 79.9. The van der Waals surface area contributed by atoms with E-state index in [-0.39, 0.29) is 42.1 Å². The molecule has 0 bridgehead atoms. The Morgan fingerprint density at radius 3 is 1.32 bits per heavy atom. The van der Waals surface area contributed by atoms with Crippen LogP contribution >= 0.6 is 0 Å². The molecule has 1 atom stereocenters. The Balaban J connectivity index is 0. The zero-order valence-corrected chi connectivity index (χ0v) is 35.0. The molecule has 0 rings (SSSR count). The van der Waals surface area contributed by atoms with Crippen molar-refractivity contribution in [3.8, 4) is 0 Å². The fourth-order valence-electron chi connectivity index (χ4n) is 6.22. The number of ether oxygens (including phenoxy) is 2. The number of likely N-dealkylation sites (N-methyl/N-ethyl adjacent to an activating group) is 1. The van der Waals surface area contributed by atoms with Gasteiger partial charge in [0.05, 0.1) is 20.7 Å². The van der Waals surface area contributed by atoms with E-state index in [2.05, 4.69) is 38.2 Å². The van der Waals surface area contributed by atoms with Crippen molar-refractivity contribution >= 4 is 11.9 Å². The van der Waals surface area contributed by atoms with E-state index in [4.69, 9.17) is 9.47 Å². The number of esters is 2. The van der Waals surface area contributed by atoms with Crippen molar-refractivity contribution in [1.29, 1.82) is 0 Å². The smallest absolute Gasteiger partial charge is 0.306 e. The fraction of sp³-hybridized carbons (Fsp3) is 0.860. The number of nitrogens with zero attached hydrogens (tertiary/aromatic N) is 1. The van der Waals surface area contributed by atoms with Crippen LogP contribution in [0.25, 0.3) is 0 Å². The minimum absolute atomic E-state index is 0. The lowest BCUT2D eigenvalue weighted by Crippen LogP contribution is -3.00. The number of rotatable bonds is 37. The first-order chi connectivity index (χ1) is 23.8. The summed E-state index contributed by atoms with van der Waals surface area (Å²) in [7, 11) is 3.99. The quantitative estimate of drug-likeness (QED) is 0.0297. The number of hydrogen-bond acceptors (Lipinski definition) is 5. The Hall–Kier alpha value is -1.18. The van der Waals surface area contributed by atoms with Gasteiger partial charge in [0.25, 0.3) is 0 Å². The van der Waals surface area contributed by atoms with Crippen LogP contribution in [0.5, 0.6) is 0 Å². The standard InChI is InChI=1S/C43H82NO5.BrH/c1-5-7-9-11-13-15-17-19-21-23-25-27-29-31-33-35-42(46)48-40-41(39-44(3,4)37-38-45)49-43(47)36-34-32-30-28-26-24-22-20-18-16-14-12-10-8-6-2;/h19-22,41,45H,5-18,23-40H2,1-4H3;1H/q+1;/p-1/b21-19+,22-20+;. The largest absolute Gasteiger partial charge is 1.00 e. The van der Waals surface area contributed by atoms with Crippen LogP contribution in [0.3, 0.4) is 0 Å². The average molecular weight is 773 g/mol. The maximum absolute atomic E-state index is 12.7. The number of carbonyl (C=O) groups is 2. The van der Waals surface area contributed by atoms with Crippen LogP contribution < -0.4 is 17.0 Å². The first-order valence-corrected chi connectivity index (χ1v) is 20.9. The van der Waals surface area contributed by atoms with Crippen molar-refractivity contribution in [1.82, 2.24) is 0 Å².